The Kier molecular flexibility index (Phi) is 10.3. The first-order valence-electron chi connectivity index (χ1n) is 13.2. The van der Waals surface area contributed by atoms with Crippen molar-refractivity contribution in [2.75, 3.05) is 40.9 Å². The number of carbonyl (C=O) groups excluding carboxylic acids is 2. The van der Waals surface area contributed by atoms with Gasteiger partial charge in [0.05, 0.1) is 5.54 Å². The van der Waals surface area contributed by atoms with E-state index in [1.807, 2.05) is 7.05 Å². The minimum atomic E-state index is -0.691. The second-order valence-electron chi connectivity index (χ2n) is 10.3. The number of carbonyl (C=O) groups is 2. The lowest BCUT2D eigenvalue weighted by Gasteiger charge is -2.33. The third-order valence-electron chi connectivity index (χ3n) is 7.64. The predicted molar refractivity (Wildman–Crippen MR) is 136 cm³/mol. The highest BCUT2D eigenvalue weighted by Gasteiger charge is 2.42. The zero-order valence-electron chi connectivity index (χ0n) is 21.6. The Hall–Kier alpha value is -2.19. The molecule has 2 atom stereocenters. The first-order valence-corrected chi connectivity index (χ1v) is 13.2. The zero-order valence-corrected chi connectivity index (χ0v) is 21.6. The SMILES string of the molecule is CNCC(CC1CCCCC1)NC(=O)N(C)CCC1(CCCCOC)NC(=O)c2ccc(F)cc21. The highest BCUT2D eigenvalue weighted by molar-refractivity contribution is 6.00. The molecular weight excluding hydrogens is 447 g/mol. The van der Waals surface area contributed by atoms with Crippen LogP contribution in [-0.4, -0.2) is 63.8 Å². The largest absolute Gasteiger partial charge is 0.385 e. The van der Waals surface area contributed by atoms with E-state index < -0.39 is 5.54 Å². The molecule has 1 saturated carbocycles. The maximum absolute atomic E-state index is 14.2. The van der Waals surface area contributed by atoms with E-state index in [2.05, 4.69) is 16.0 Å². The lowest BCUT2D eigenvalue weighted by Crippen LogP contribution is -2.49. The topological polar surface area (TPSA) is 82.7 Å². The van der Waals surface area contributed by atoms with E-state index in [1.54, 1.807) is 25.1 Å². The summed E-state index contributed by atoms with van der Waals surface area (Å²) in [7, 11) is 5.37. The minimum Gasteiger partial charge on any atom is -0.385 e. The van der Waals surface area contributed by atoms with E-state index in [0.29, 0.717) is 43.0 Å². The van der Waals surface area contributed by atoms with Gasteiger partial charge >= 0.3 is 6.03 Å². The highest BCUT2D eigenvalue weighted by Crippen LogP contribution is 2.39. The van der Waals surface area contributed by atoms with Gasteiger partial charge in [-0.05, 0) is 68.8 Å². The fraction of sp³-hybridized carbons (Fsp3) is 0.704. The van der Waals surface area contributed by atoms with E-state index in [1.165, 1.54) is 44.2 Å². The lowest BCUT2D eigenvalue weighted by molar-refractivity contribution is 0.0914. The number of halogens is 1. The molecule has 0 spiro atoms. The molecule has 1 aromatic carbocycles. The molecule has 8 heteroatoms. The van der Waals surface area contributed by atoms with Crippen molar-refractivity contribution >= 4 is 11.9 Å². The molecule has 1 aromatic rings. The third-order valence-corrected chi connectivity index (χ3v) is 7.64. The number of nitrogens with zero attached hydrogens (tertiary/aromatic N) is 1. The first-order chi connectivity index (χ1) is 16.9. The van der Waals surface area contributed by atoms with Crippen LogP contribution < -0.4 is 16.0 Å². The molecule has 0 radical (unpaired) electrons. The highest BCUT2D eigenvalue weighted by atomic mass is 19.1. The van der Waals surface area contributed by atoms with Crippen molar-refractivity contribution in [2.24, 2.45) is 5.92 Å². The predicted octanol–water partition coefficient (Wildman–Crippen LogP) is 4.17. The quantitative estimate of drug-likeness (QED) is 0.363. The molecule has 1 aliphatic heterocycles. The van der Waals surface area contributed by atoms with Gasteiger partial charge in [-0.15, -0.1) is 0 Å². The molecule has 2 unspecified atom stereocenters. The standard InChI is InChI=1S/C27H43FN4O3/c1-29-19-22(17-20-9-5-4-6-10-20)30-26(34)32(2)15-14-27(13-7-8-16-35-3)24-18-21(28)11-12-23(24)25(33)31-27/h11-12,18,20,22,29H,4-10,13-17,19H2,1-3H3,(H,30,34)(H,31,33). The van der Waals surface area contributed by atoms with Crippen molar-refractivity contribution in [2.45, 2.75) is 75.8 Å². The fourth-order valence-electron chi connectivity index (χ4n) is 5.66. The van der Waals surface area contributed by atoms with Gasteiger partial charge < -0.3 is 25.6 Å². The van der Waals surface area contributed by atoms with Crippen molar-refractivity contribution < 1.29 is 18.7 Å². The van der Waals surface area contributed by atoms with Crippen molar-refractivity contribution in [3.63, 3.8) is 0 Å². The average molecular weight is 491 g/mol. The molecule has 35 heavy (non-hydrogen) atoms. The summed E-state index contributed by atoms with van der Waals surface area (Å²) in [4.78, 5) is 27.5. The van der Waals surface area contributed by atoms with Crippen LogP contribution in [0.25, 0.3) is 0 Å². The zero-order chi connectivity index (χ0) is 25.3. The van der Waals surface area contributed by atoms with Crippen LogP contribution in [0.3, 0.4) is 0 Å². The van der Waals surface area contributed by atoms with Gasteiger partial charge in [-0.3, -0.25) is 4.79 Å². The number of hydrogen-bond acceptors (Lipinski definition) is 4. The van der Waals surface area contributed by atoms with Crippen LogP contribution in [0.4, 0.5) is 9.18 Å². The van der Waals surface area contributed by atoms with Crippen LogP contribution >= 0.6 is 0 Å². The van der Waals surface area contributed by atoms with E-state index in [9.17, 15) is 14.0 Å². The number of nitrogens with one attached hydrogen (secondary N) is 3. The second-order valence-corrected chi connectivity index (χ2v) is 10.3. The van der Waals surface area contributed by atoms with E-state index in [-0.39, 0.29) is 23.8 Å². The van der Waals surface area contributed by atoms with Crippen LogP contribution in [0.15, 0.2) is 18.2 Å². The molecule has 3 N–H and O–H groups in total. The Balaban J connectivity index is 1.64. The number of unbranched alkanes of at least 4 members (excludes halogenated alkanes) is 1. The molecule has 0 saturated heterocycles. The van der Waals surface area contributed by atoms with Gasteiger partial charge in [-0.1, -0.05) is 32.1 Å². The summed E-state index contributed by atoms with van der Waals surface area (Å²) in [5.41, 5.74) is 0.523. The minimum absolute atomic E-state index is 0.0852. The van der Waals surface area contributed by atoms with Crippen LogP contribution in [0.1, 0.15) is 80.1 Å². The van der Waals surface area contributed by atoms with E-state index >= 15 is 0 Å². The number of likely N-dealkylation sites (N-methyl/N-ethyl adjacent to an activating group) is 1. The summed E-state index contributed by atoms with van der Waals surface area (Å²) >= 11 is 0. The second kappa shape index (κ2) is 13.2. The molecule has 1 fully saturated rings. The molecule has 0 bridgehead atoms. The molecule has 2 aliphatic rings. The molecular formula is C27H43FN4O3. The summed E-state index contributed by atoms with van der Waals surface area (Å²) < 4.78 is 19.3. The Labute approximate surface area is 209 Å². The number of hydrogen-bond donors (Lipinski definition) is 3. The number of urea groups is 1. The van der Waals surface area contributed by atoms with Crippen LogP contribution in [0.5, 0.6) is 0 Å². The first kappa shape index (κ1) is 27.4. The van der Waals surface area contributed by atoms with Crippen molar-refractivity contribution in [3.05, 3.63) is 35.1 Å². The van der Waals surface area contributed by atoms with Gasteiger partial charge in [0.1, 0.15) is 5.82 Å². The molecule has 0 aromatic heterocycles. The fourth-order valence-corrected chi connectivity index (χ4v) is 5.66. The van der Waals surface area contributed by atoms with E-state index in [0.717, 1.165) is 25.8 Å². The Morgan fingerprint density at radius 2 is 2.03 bits per heavy atom. The van der Waals surface area contributed by atoms with Crippen molar-refractivity contribution in [1.82, 2.24) is 20.9 Å². The summed E-state index contributed by atoms with van der Waals surface area (Å²) in [5.74, 6) is 0.133. The average Bonchev–Trinajstić information content (AvgIpc) is 3.12. The summed E-state index contributed by atoms with van der Waals surface area (Å²) in [6.07, 6.45) is 10.2. The smallest absolute Gasteiger partial charge is 0.317 e. The van der Waals surface area contributed by atoms with Crippen molar-refractivity contribution in [1.29, 1.82) is 0 Å². The third kappa shape index (κ3) is 7.40. The summed E-state index contributed by atoms with van der Waals surface area (Å²) in [6, 6.07) is 4.33. The molecule has 3 rings (SSSR count). The molecule has 7 nitrogen and oxygen atoms in total. The van der Waals surface area contributed by atoms with E-state index in [4.69, 9.17) is 4.74 Å². The van der Waals surface area contributed by atoms with Gasteiger partial charge in [0, 0.05) is 45.5 Å². The molecule has 1 heterocycles. The molecule has 196 valence electrons. The monoisotopic (exact) mass is 490 g/mol. The van der Waals surface area contributed by atoms with Crippen LogP contribution in [-0.2, 0) is 10.3 Å². The van der Waals surface area contributed by atoms with Gasteiger partial charge in [-0.25, -0.2) is 9.18 Å². The van der Waals surface area contributed by atoms with Gasteiger partial charge in [-0.2, -0.15) is 0 Å². The number of methoxy groups -OCH3 is 1. The van der Waals surface area contributed by atoms with Crippen molar-refractivity contribution in [3.8, 4) is 0 Å². The normalized spacial score (nSPS) is 20.9. The number of ether oxygens (including phenoxy) is 1. The maximum Gasteiger partial charge on any atom is 0.317 e. The number of benzene rings is 1. The summed E-state index contributed by atoms with van der Waals surface area (Å²) in [5, 5.41) is 9.55. The number of rotatable bonds is 13. The number of fused-ring (bicyclic) bond motifs is 1. The van der Waals surface area contributed by atoms with Gasteiger partial charge in [0.25, 0.3) is 5.91 Å². The Morgan fingerprint density at radius 1 is 1.26 bits per heavy atom. The number of amides is 3. The van der Waals surface area contributed by atoms with Gasteiger partial charge in [0.2, 0.25) is 0 Å². The maximum atomic E-state index is 14.2. The Bertz CT molecular complexity index is 846. The van der Waals surface area contributed by atoms with Crippen LogP contribution in [0.2, 0.25) is 0 Å². The molecule has 3 amide bonds. The van der Waals surface area contributed by atoms with Gasteiger partial charge in [0.15, 0.2) is 0 Å². The summed E-state index contributed by atoms with van der Waals surface area (Å²) in [6.45, 7) is 1.82. The lowest BCUT2D eigenvalue weighted by atomic mass is 9.82. The molecule has 1 aliphatic carbocycles. The Morgan fingerprint density at radius 3 is 2.74 bits per heavy atom. The van der Waals surface area contributed by atoms with Crippen LogP contribution in [0, 0.1) is 11.7 Å².